The first kappa shape index (κ1) is 14.5. The molecule has 1 fully saturated rings. The summed E-state index contributed by atoms with van der Waals surface area (Å²) in [5, 5.41) is 1.29. The zero-order valence-electron chi connectivity index (χ0n) is 14.4. The summed E-state index contributed by atoms with van der Waals surface area (Å²) in [5.74, 6) is 0.819. The molecule has 3 heterocycles. The monoisotopic (exact) mass is 327 g/mol. The van der Waals surface area contributed by atoms with Gasteiger partial charge in [0.15, 0.2) is 0 Å². The van der Waals surface area contributed by atoms with Gasteiger partial charge in [-0.1, -0.05) is 30.9 Å². The van der Waals surface area contributed by atoms with Gasteiger partial charge in [-0.3, -0.25) is 0 Å². The Hall–Kier alpha value is -2.81. The zero-order chi connectivity index (χ0) is 17.0. The third-order valence-electron chi connectivity index (χ3n) is 5.32. The van der Waals surface area contributed by atoms with Crippen molar-refractivity contribution in [3.8, 4) is 11.4 Å². The molecule has 0 aliphatic heterocycles. The van der Waals surface area contributed by atoms with Crippen LogP contribution in [0.5, 0.6) is 0 Å². The summed E-state index contributed by atoms with van der Waals surface area (Å²) in [6.45, 7) is 7.11. The number of benzene rings is 1. The number of hydrogen-bond donors (Lipinski definition) is 0. The maximum Gasteiger partial charge on any atom is 0.138 e. The van der Waals surface area contributed by atoms with Crippen molar-refractivity contribution in [2.75, 3.05) is 0 Å². The Morgan fingerprint density at radius 1 is 1.20 bits per heavy atom. The van der Waals surface area contributed by atoms with Gasteiger partial charge in [0.25, 0.3) is 0 Å². The lowest BCUT2D eigenvalue weighted by Crippen LogP contribution is -2.02. The van der Waals surface area contributed by atoms with Crippen molar-refractivity contribution in [1.29, 1.82) is 0 Å². The molecule has 3 heteroatoms. The summed E-state index contributed by atoms with van der Waals surface area (Å²) in [6, 6.07) is 15.1. The summed E-state index contributed by atoms with van der Waals surface area (Å²) < 4.78 is 4.64. The molecule has 5 rings (SSSR count). The lowest BCUT2D eigenvalue weighted by atomic mass is 10.2. The Morgan fingerprint density at radius 2 is 2.04 bits per heavy atom. The van der Waals surface area contributed by atoms with Crippen LogP contribution in [0.25, 0.3) is 34.0 Å². The summed E-state index contributed by atoms with van der Waals surface area (Å²) in [5.41, 5.74) is 6.89. The van der Waals surface area contributed by atoms with Crippen LogP contribution in [0.1, 0.15) is 24.1 Å². The van der Waals surface area contributed by atoms with Crippen molar-refractivity contribution in [2.45, 2.75) is 26.3 Å². The predicted octanol–water partition coefficient (Wildman–Crippen LogP) is 5.32. The van der Waals surface area contributed by atoms with Crippen LogP contribution >= 0.6 is 0 Å². The molecular formula is C22H21N3. The molecule has 1 aromatic carbocycles. The number of para-hydroxylation sites is 1. The number of pyridine rings is 1. The minimum Gasteiger partial charge on any atom is -0.339 e. The van der Waals surface area contributed by atoms with Gasteiger partial charge in [-0.2, -0.15) is 0 Å². The third kappa shape index (κ3) is 2.30. The summed E-state index contributed by atoms with van der Waals surface area (Å²) in [7, 11) is 0. The number of imidazole rings is 1. The number of fused-ring (bicyclic) bond motifs is 2. The van der Waals surface area contributed by atoms with Gasteiger partial charge in [0.1, 0.15) is 11.3 Å². The summed E-state index contributed by atoms with van der Waals surface area (Å²) in [4.78, 5) is 4.97. The molecule has 0 atom stereocenters. The van der Waals surface area contributed by atoms with Crippen molar-refractivity contribution in [1.82, 2.24) is 14.0 Å². The molecule has 1 saturated carbocycles. The normalized spacial score (nSPS) is 14.4. The van der Waals surface area contributed by atoms with Crippen LogP contribution in [-0.4, -0.2) is 14.0 Å². The second-order valence-corrected chi connectivity index (χ2v) is 7.08. The Bertz CT molecular complexity index is 1110. The van der Waals surface area contributed by atoms with Crippen LogP contribution in [0.4, 0.5) is 0 Å². The van der Waals surface area contributed by atoms with Crippen molar-refractivity contribution in [2.24, 2.45) is 5.92 Å². The molecule has 3 aromatic heterocycles. The minimum atomic E-state index is 0.819. The van der Waals surface area contributed by atoms with E-state index in [0.29, 0.717) is 0 Å². The molecule has 25 heavy (non-hydrogen) atoms. The molecule has 3 nitrogen and oxygen atoms in total. The SMILES string of the molecule is C=Cc1ccn2c(C)c(-c3cc4ccccc4n3CC3CC3)nc2c1. The highest BCUT2D eigenvalue weighted by Crippen LogP contribution is 2.36. The van der Waals surface area contributed by atoms with Gasteiger partial charge in [0.2, 0.25) is 0 Å². The third-order valence-corrected chi connectivity index (χ3v) is 5.32. The molecule has 1 aliphatic rings. The highest BCUT2D eigenvalue weighted by molar-refractivity contribution is 5.87. The van der Waals surface area contributed by atoms with E-state index in [9.17, 15) is 0 Å². The highest BCUT2D eigenvalue weighted by atomic mass is 15.1. The average Bonchev–Trinajstić information content (AvgIpc) is 3.31. The standard InChI is InChI=1S/C22H21N3/c1-3-16-10-11-24-15(2)22(23-21(24)12-16)20-13-18-6-4-5-7-19(18)25(20)14-17-8-9-17/h3-7,10-13,17H,1,8-9,14H2,2H3. The fraction of sp³-hybridized carbons (Fsp3) is 0.227. The Morgan fingerprint density at radius 3 is 2.84 bits per heavy atom. The van der Waals surface area contributed by atoms with Crippen LogP contribution in [0, 0.1) is 12.8 Å². The first-order chi connectivity index (χ1) is 12.2. The van der Waals surface area contributed by atoms with Gasteiger partial charge in [0.05, 0.1) is 5.69 Å². The van der Waals surface area contributed by atoms with Crippen LogP contribution in [0.15, 0.2) is 55.2 Å². The molecule has 0 unspecified atom stereocenters. The highest BCUT2D eigenvalue weighted by Gasteiger charge is 2.25. The first-order valence-electron chi connectivity index (χ1n) is 8.94. The van der Waals surface area contributed by atoms with Gasteiger partial charge >= 0.3 is 0 Å². The van der Waals surface area contributed by atoms with E-state index >= 15 is 0 Å². The maximum atomic E-state index is 4.97. The molecule has 124 valence electrons. The van der Waals surface area contributed by atoms with E-state index in [1.165, 1.54) is 35.1 Å². The lowest BCUT2D eigenvalue weighted by molar-refractivity contribution is 0.651. The first-order valence-corrected chi connectivity index (χ1v) is 8.94. The van der Waals surface area contributed by atoms with E-state index in [0.717, 1.165) is 29.4 Å². The fourth-order valence-electron chi connectivity index (χ4n) is 3.71. The second kappa shape index (κ2) is 5.35. The molecule has 0 N–H and O–H groups in total. The van der Waals surface area contributed by atoms with Gasteiger partial charge in [-0.25, -0.2) is 4.98 Å². The largest absolute Gasteiger partial charge is 0.339 e. The zero-order valence-corrected chi connectivity index (χ0v) is 14.4. The molecular weight excluding hydrogens is 306 g/mol. The molecule has 0 spiro atoms. The number of aromatic nitrogens is 3. The topological polar surface area (TPSA) is 22.2 Å². The number of nitrogens with zero attached hydrogens (tertiary/aromatic N) is 3. The van der Waals surface area contributed by atoms with Gasteiger partial charge < -0.3 is 8.97 Å². The minimum absolute atomic E-state index is 0.819. The summed E-state index contributed by atoms with van der Waals surface area (Å²) in [6.07, 6.45) is 6.65. The van der Waals surface area contributed by atoms with Crippen molar-refractivity contribution >= 4 is 22.6 Å². The quantitative estimate of drug-likeness (QED) is 0.497. The Kier molecular flexibility index (Phi) is 3.11. The lowest BCUT2D eigenvalue weighted by Gasteiger charge is -2.09. The van der Waals surface area contributed by atoms with Gasteiger partial charge in [-0.05, 0) is 55.5 Å². The molecule has 0 radical (unpaired) electrons. The Balaban J connectivity index is 1.76. The molecule has 4 aromatic rings. The number of aryl methyl sites for hydroxylation is 1. The van der Waals surface area contributed by atoms with Crippen molar-refractivity contribution < 1.29 is 0 Å². The second-order valence-electron chi connectivity index (χ2n) is 7.08. The average molecular weight is 327 g/mol. The predicted molar refractivity (Wildman–Crippen MR) is 104 cm³/mol. The van der Waals surface area contributed by atoms with E-state index in [1.54, 1.807) is 0 Å². The van der Waals surface area contributed by atoms with Crippen LogP contribution < -0.4 is 0 Å². The smallest absolute Gasteiger partial charge is 0.138 e. The summed E-state index contributed by atoms with van der Waals surface area (Å²) >= 11 is 0. The number of rotatable bonds is 4. The van der Waals surface area contributed by atoms with E-state index in [-0.39, 0.29) is 0 Å². The van der Waals surface area contributed by atoms with Gasteiger partial charge in [0, 0.05) is 29.3 Å². The van der Waals surface area contributed by atoms with Crippen molar-refractivity contribution in [3.63, 3.8) is 0 Å². The molecule has 0 saturated heterocycles. The molecule has 0 bridgehead atoms. The van der Waals surface area contributed by atoms with E-state index in [1.807, 2.05) is 6.08 Å². The molecule has 1 aliphatic carbocycles. The Labute approximate surface area is 147 Å². The number of hydrogen-bond acceptors (Lipinski definition) is 1. The van der Waals surface area contributed by atoms with Gasteiger partial charge in [-0.15, -0.1) is 0 Å². The van der Waals surface area contributed by atoms with Crippen LogP contribution in [0.3, 0.4) is 0 Å². The molecule has 0 amide bonds. The van der Waals surface area contributed by atoms with Crippen molar-refractivity contribution in [3.05, 3.63) is 66.5 Å². The van der Waals surface area contributed by atoms with E-state index in [2.05, 4.69) is 71.1 Å². The van der Waals surface area contributed by atoms with Crippen LogP contribution in [-0.2, 0) is 6.54 Å². The van der Waals surface area contributed by atoms with E-state index < -0.39 is 0 Å². The van der Waals surface area contributed by atoms with E-state index in [4.69, 9.17) is 4.98 Å². The fourth-order valence-corrected chi connectivity index (χ4v) is 3.71. The van der Waals surface area contributed by atoms with Crippen LogP contribution in [0.2, 0.25) is 0 Å². The maximum absolute atomic E-state index is 4.97.